The summed E-state index contributed by atoms with van der Waals surface area (Å²) >= 11 is 0. The summed E-state index contributed by atoms with van der Waals surface area (Å²) in [6.45, 7) is 2.43. The maximum Gasteiger partial charge on any atom is 0.341 e. The van der Waals surface area contributed by atoms with Gasteiger partial charge in [0.2, 0.25) is 5.43 Å². The quantitative estimate of drug-likeness (QED) is 0.690. The average molecular weight is 288 g/mol. The number of hydrogen-bond acceptors (Lipinski definition) is 4. The summed E-state index contributed by atoms with van der Waals surface area (Å²) in [7, 11) is 3.51. The second-order valence-corrected chi connectivity index (χ2v) is 4.70. The van der Waals surface area contributed by atoms with Gasteiger partial charge in [0.15, 0.2) is 0 Å². The van der Waals surface area contributed by atoms with Crippen molar-refractivity contribution < 1.29 is 9.90 Å². The molecular weight excluding hydrogens is 272 g/mol. The van der Waals surface area contributed by atoms with Crippen LogP contribution in [0.1, 0.15) is 17.3 Å². The second kappa shape index (κ2) is 5.74. The first-order chi connectivity index (χ1) is 9.93. The summed E-state index contributed by atoms with van der Waals surface area (Å²) in [6.07, 6.45) is 1.36. The van der Waals surface area contributed by atoms with Gasteiger partial charge in [-0.25, -0.2) is 4.79 Å². The van der Waals surface area contributed by atoms with Gasteiger partial charge in [0.05, 0.1) is 11.2 Å². The van der Waals surface area contributed by atoms with Gasteiger partial charge in [0.1, 0.15) is 5.56 Å². The topological polar surface area (TPSA) is 87.3 Å². The van der Waals surface area contributed by atoms with Crippen LogP contribution in [0.4, 0.5) is 5.69 Å². The van der Waals surface area contributed by atoms with Gasteiger partial charge in [0.25, 0.3) is 0 Å². The first-order valence-corrected chi connectivity index (χ1v) is 6.43. The van der Waals surface area contributed by atoms with Crippen LogP contribution in [0.15, 0.2) is 39.5 Å². The zero-order chi connectivity index (χ0) is 15.6. The summed E-state index contributed by atoms with van der Waals surface area (Å²) in [5.74, 6) is -1.22. The van der Waals surface area contributed by atoms with Crippen molar-refractivity contribution in [3.8, 4) is 0 Å². The number of pyridine rings is 1. The third-order valence-corrected chi connectivity index (χ3v) is 2.98. The van der Waals surface area contributed by atoms with Crippen molar-refractivity contribution in [1.29, 1.82) is 0 Å². The van der Waals surface area contributed by atoms with E-state index in [9.17, 15) is 9.59 Å². The Hall–Kier alpha value is -2.70. The molecule has 21 heavy (non-hydrogen) atoms. The summed E-state index contributed by atoms with van der Waals surface area (Å²) < 4.78 is 1.72. The molecule has 0 unspecified atom stereocenters. The van der Waals surface area contributed by atoms with Crippen molar-refractivity contribution in [1.82, 2.24) is 9.58 Å². The molecule has 0 radical (unpaired) electrons. The van der Waals surface area contributed by atoms with Crippen LogP contribution in [-0.2, 0) is 6.54 Å². The minimum absolute atomic E-state index is 0.230. The van der Waals surface area contributed by atoms with Crippen LogP contribution in [0.3, 0.4) is 0 Å². The third-order valence-electron chi connectivity index (χ3n) is 2.98. The van der Waals surface area contributed by atoms with Gasteiger partial charge in [-0.3, -0.25) is 9.80 Å². The fourth-order valence-electron chi connectivity index (χ4n) is 2.00. The molecule has 0 fully saturated rings. The lowest BCUT2D eigenvalue weighted by Gasteiger charge is -2.10. The third kappa shape index (κ3) is 2.91. The molecule has 0 aliphatic carbocycles. The molecule has 0 spiro atoms. The predicted molar refractivity (Wildman–Crippen MR) is 79.0 cm³/mol. The van der Waals surface area contributed by atoms with Crippen molar-refractivity contribution >= 4 is 22.6 Å². The zero-order valence-corrected chi connectivity index (χ0v) is 12.1. The highest BCUT2D eigenvalue weighted by atomic mass is 16.4. The van der Waals surface area contributed by atoms with E-state index in [0.29, 0.717) is 23.1 Å². The standard InChI is InChI=1S/C14H16N4O3/c1-4-18-8-11(14(20)21)13(19)10-6-5-9(7-12(10)18)15-16-17(2)3/h5-8H,4H2,1-3H3,(H,20,21). The number of carboxylic acids is 1. The molecule has 0 aliphatic heterocycles. The Morgan fingerprint density at radius 3 is 2.67 bits per heavy atom. The number of carbonyl (C=O) groups is 1. The van der Waals surface area contributed by atoms with E-state index in [0.717, 1.165) is 0 Å². The van der Waals surface area contributed by atoms with E-state index in [2.05, 4.69) is 10.3 Å². The minimum Gasteiger partial charge on any atom is -0.477 e. The number of carboxylic acid groups (broad SMARTS) is 1. The van der Waals surface area contributed by atoms with Gasteiger partial charge in [-0.2, -0.15) is 0 Å². The molecule has 0 atom stereocenters. The number of hydrogen-bond donors (Lipinski definition) is 1. The van der Waals surface area contributed by atoms with Crippen LogP contribution in [0.25, 0.3) is 10.9 Å². The Kier molecular flexibility index (Phi) is 4.02. The highest BCUT2D eigenvalue weighted by Crippen LogP contribution is 2.20. The molecule has 1 heterocycles. The molecule has 7 nitrogen and oxygen atoms in total. The molecule has 0 amide bonds. The molecule has 0 aliphatic rings. The van der Waals surface area contributed by atoms with Crippen LogP contribution in [-0.4, -0.2) is 34.7 Å². The van der Waals surface area contributed by atoms with Gasteiger partial charge < -0.3 is 9.67 Å². The van der Waals surface area contributed by atoms with Crippen molar-refractivity contribution in [2.75, 3.05) is 14.1 Å². The summed E-state index contributed by atoms with van der Waals surface area (Å²) in [5.41, 5.74) is 0.522. The highest BCUT2D eigenvalue weighted by molar-refractivity contribution is 5.93. The number of nitrogens with zero attached hydrogens (tertiary/aromatic N) is 4. The zero-order valence-electron chi connectivity index (χ0n) is 12.1. The monoisotopic (exact) mass is 288 g/mol. The van der Waals surface area contributed by atoms with Crippen molar-refractivity contribution in [2.45, 2.75) is 13.5 Å². The second-order valence-electron chi connectivity index (χ2n) is 4.70. The highest BCUT2D eigenvalue weighted by Gasteiger charge is 2.14. The molecule has 0 bridgehead atoms. The van der Waals surface area contributed by atoms with Crippen LogP contribution in [0.2, 0.25) is 0 Å². The van der Waals surface area contributed by atoms with Crippen molar-refractivity contribution in [3.63, 3.8) is 0 Å². The SMILES string of the molecule is CCn1cc(C(=O)O)c(=O)c2ccc(N=NN(C)C)cc21. The summed E-state index contributed by atoms with van der Waals surface area (Å²) in [6, 6.07) is 4.95. The van der Waals surface area contributed by atoms with Gasteiger partial charge in [-0.05, 0) is 25.1 Å². The van der Waals surface area contributed by atoms with Crippen LogP contribution < -0.4 is 5.43 Å². The Labute approximate surface area is 121 Å². The molecule has 0 saturated heterocycles. The normalized spacial score (nSPS) is 11.2. The van der Waals surface area contributed by atoms with Crippen molar-refractivity contribution in [2.24, 2.45) is 10.3 Å². The lowest BCUT2D eigenvalue weighted by molar-refractivity contribution is 0.0695. The molecule has 110 valence electrons. The van der Waals surface area contributed by atoms with Crippen LogP contribution in [0.5, 0.6) is 0 Å². The molecule has 2 rings (SSSR count). The maximum atomic E-state index is 12.2. The molecule has 1 N–H and O–H groups in total. The Morgan fingerprint density at radius 2 is 2.10 bits per heavy atom. The van der Waals surface area contributed by atoms with Crippen LogP contribution in [0, 0.1) is 0 Å². The number of benzene rings is 1. The van der Waals surface area contributed by atoms with Gasteiger partial charge in [-0.15, -0.1) is 5.11 Å². The first-order valence-electron chi connectivity index (χ1n) is 6.43. The van der Waals surface area contributed by atoms with Gasteiger partial charge >= 0.3 is 5.97 Å². The Morgan fingerprint density at radius 1 is 1.38 bits per heavy atom. The summed E-state index contributed by atoms with van der Waals surface area (Å²) in [5, 5.41) is 19.0. The minimum atomic E-state index is -1.22. The maximum absolute atomic E-state index is 12.2. The summed E-state index contributed by atoms with van der Waals surface area (Å²) in [4.78, 5) is 23.3. The fourth-order valence-corrected chi connectivity index (χ4v) is 2.00. The lowest BCUT2D eigenvalue weighted by Crippen LogP contribution is -2.18. The number of fused-ring (bicyclic) bond motifs is 1. The van der Waals surface area contributed by atoms with Crippen LogP contribution >= 0.6 is 0 Å². The van der Waals surface area contributed by atoms with Gasteiger partial charge in [-0.1, -0.05) is 5.22 Å². The fraction of sp³-hybridized carbons (Fsp3) is 0.286. The first kappa shape index (κ1) is 14.7. The Balaban J connectivity index is 2.70. The molecule has 2 aromatic rings. The molecule has 1 aromatic heterocycles. The largest absolute Gasteiger partial charge is 0.477 e. The molecule has 7 heteroatoms. The molecule has 0 saturated carbocycles. The van der Waals surface area contributed by atoms with E-state index in [4.69, 9.17) is 5.11 Å². The van der Waals surface area contributed by atoms with Gasteiger partial charge in [0, 0.05) is 32.2 Å². The average Bonchev–Trinajstić information content (AvgIpc) is 2.45. The van der Waals surface area contributed by atoms with E-state index in [-0.39, 0.29) is 5.56 Å². The Bertz CT molecular complexity index is 778. The van der Waals surface area contributed by atoms with Crippen molar-refractivity contribution in [3.05, 3.63) is 40.2 Å². The van der Waals surface area contributed by atoms with E-state index >= 15 is 0 Å². The predicted octanol–water partition coefficient (Wildman–Crippen LogP) is 2.28. The molecular formula is C14H16N4O3. The van der Waals surface area contributed by atoms with E-state index in [1.807, 2.05) is 6.92 Å². The number of aromatic nitrogens is 1. The smallest absolute Gasteiger partial charge is 0.341 e. The van der Waals surface area contributed by atoms with E-state index in [1.165, 1.54) is 6.20 Å². The lowest BCUT2D eigenvalue weighted by atomic mass is 10.1. The molecule has 1 aromatic carbocycles. The number of rotatable bonds is 4. The van der Waals surface area contributed by atoms with E-state index in [1.54, 1.807) is 41.9 Å². The number of aromatic carboxylic acids is 1. The number of aryl methyl sites for hydroxylation is 1. The van der Waals surface area contributed by atoms with E-state index < -0.39 is 11.4 Å².